The molecule has 0 fully saturated rings. The van der Waals surface area contributed by atoms with Gasteiger partial charge in [-0.05, 0) is 43.2 Å². The molecule has 2 aromatic carbocycles. The molecule has 0 saturated carbocycles. The average Bonchev–Trinajstić information content (AvgIpc) is 2.59. The lowest BCUT2D eigenvalue weighted by molar-refractivity contribution is -0.114. The van der Waals surface area contributed by atoms with Gasteiger partial charge in [-0.3, -0.25) is 9.10 Å². The lowest BCUT2D eigenvalue weighted by atomic mass is 10.1. The Morgan fingerprint density at radius 2 is 1.81 bits per heavy atom. The molecule has 0 unspecified atom stereocenters. The predicted molar refractivity (Wildman–Crippen MR) is 104 cm³/mol. The van der Waals surface area contributed by atoms with Crippen LogP contribution in [0.25, 0.3) is 0 Å². The summed E-state index contributed by atoms with van der Waals surface area (Å²) >= 11 is 0. The summed E-state index contributed by atoms with van der Waals surface area (Å²) in [6.07, 6.45) is 1.94. The van der Waals surface area contributed by atoms with Crippen molar-refractivity contribution in [2.24, 2.45) is 0 Å². The first-order chi connectivity index (χ1) is 12.3. The number of hydrogen-bond donors (Lipinski definition) is 1. The largest absolute Gasteiger partial charge is 0.494 e. The molecule has 0 spiro atoms. The fraction of sp³-hybridized carbons (Fsp3) is 0.316. The summed E-state index contributed by atoms with van der Waals surface area (Å²) in [6.45, 7) is 4.11. The predicted octanol–water partition coefficient (Wildman–Crippen LogP) is 3.05. The Hall–Kier alpha value is -2.54. The Morgan fingerprint density at radius 3 is 2.38 bits per heavy atom. The van der Waals surface area contributed by atoms with Gasteiger partial charge in [-0.15, -0.1) is 0 Å². The fourth-order valence-electron chi connectivity index (χ4n) is 2.46. The van der Waals surface area contributed by atoms with Gasteiger partial charge in [0.25, 0.3) is 0 Å². The molecule has 1 amide bonds. The van der Waals surface area contributed by atoms with Crippen LogP contribution in [0.2, 0.25) is 0 Å². The van der Waals surface area contributed by atoms with Crippen LogP contribution >= 0.6 is 0 Å². The Bertz CT molecular complexity index is 848. The van der Waals surface area contributed by atoms with E-state index in [4.69, 9.17) is 4.74 Å². The first kappa shape index (κ1) is 19.8. The van der Waals surface area contributed by atoms with Crippen LogP contribution < -0.4 is 14.4 Å². The van der Waals surface area contributed by atoms with Gasteiger partial charge in [0, 0.05) is 11.8 Å². The van der Waals surface area contributed by atoms with Crippen LogP contribution in [0.4, 0.5) is 11.4 Å². The number of amides is 1. The van der Waals surface area contributed by atoms with E-state index >= 15 is 0 Å². The van der Waals surface area contributed by atoms with Gasteiger partial charge in [-0.2, -0.15) is 0 Å². The zero-order valence-corrected chi connectivity index (χ0v) is 16.0. The Balaban J connectivity index is 2.15. The summed E-state index contributed by atoms with van der Waals surface area (Å²) < 4.78 is 30.8. The van der Waals surface area contributed by atoms with E-state index in [-0.39, 0.29) is 6.54 Å². The molecule has 6 nitrogen and oxygen atoms in total. The minimum atomic E-state index is -3.59. The number of anilines is 2. The minimum Gasteiger partial charge on any atom is -0.494 e. The van der Waals surface area contributed by atoms with Gasteiger partial charge in [-0.1, -0.05) is 25.1 Å². The summed E-state index contributed by atoms with van der Waals surface area (Å²) in [6, 6.07) is 14.1. The van der Waals surface area contributed by atoms with Gasteiger partial charge in [0.2, 0.25) is 15.9 Å². The maximum Gasteiger partial charge on any atom is 0.245 e. The second-order valence-electron chi connectivity index (χ2n) is 5.80. The molecule has 2 rings (SSSR count). The summed E-state index contributed by atoms with van der Waals surface area (Å²) in [7, 11) is -3.59. The quantitative estimate of drug-likeness (QED) is 0.768. The van der Waals surface area contributed by atoms with Crippen LogP contribution in [0.5, 0.6) is 5.75 Å². The van der Waals surface area contributed by atoms with E-state index in [1.165, 1.54) is 0 Å². The van der Waals surface area contributed by atoms with E-state index in [1.807, 2.05) is 26.0 Å². The van der Waals surface area contributed by atoms with E-state index in [0.29, 0.717) is 23.7 Å². The minimum absolute atomic E-state index is 0.302. The molecule has 0 aromatic heterocycles. The van der Waals surface area contributed by atoms with Gasteiger partial charge in [-0.25, -0.2) is 8.42 Å². The van der Waals surface area contributed by atoms with Gasteiger partial charge in [0.1, 0.15) is 12.3 Å². The molecule has 140 valence electrons. The number of rotatable bonds is 8. The summed E-state index contributed by atoms with van der Waals surface area (Å²) in [4.78, 5) is 12.4. The zero-order chi connectivity index (χ0) is 19.2. The normalized spacial score (nSPS) is 11.0. The zero-order valence-electron chi connectivity index (χ0n) is 15.2. The van der Waals surface area contributed by atoms with Crippen molar-refractivity contribution >= 4 is 27.3 Å². The number of sulfonamides is 1. The van der Waals surface area contributed by atoms with Crippen molar-refractivity contribution in [3.63, 3.8) is 0 Å². The van der Waals surface area contributed by atoms with Crippen LogP contribution in [0.3, 0.4) is 0 Å². The molecule has 0 aliphatic carbocycles. The summed E-state index contributed by atoms with van der Waals surface area (Å²) in [5.74, 6) is 0.212. The standard InChI is InChI=1S/C19H24N2O4S/c1-4-15-9-11-17(12-10-15)21(26(3,23)24)14-19(22)20-16-7-6-8-18(13-16)25-5-2/h6-13H,4-5,14H2,1-3H3,(H,20,22). The Morgan fingerprint density at radius 1 is 1.12 bits per heavy atom. The van der Waals surface area contributed by atoms with Crippen molar-refractivity contribution in [1.82, 2.24) is 0 Å². The maximum atomic E-state index is 12.4. The lowest BCUT2D eigenvalue weighted by Gasteiger charge is -2.22. The van der Waals surface area contributed by atoms with Crippen molar-refractivity contribution in [2.75, 3.05) is 29.0 Å². The molecular formula is C19H24N2O4S. The highest BCUT2D eigenvalue weighted by Gasteiger charge is 2.21. The van der Waals surface area contributed by atoms with Gasteiger partial charge >= 0.3 is 0 Å². The highest BCUT2D eigenvalue weighted by atomic mass is 32.2. The van der Waals surface area contributed by atoms with Gasteiger partial charge in [0.05, 0.1) is 18.6 Å². The van der Waals surface area contributed by atoms with Crippen LogP contribution in [-0.4, -0.2) is 33.7 Å². The lowest BCUT2D eigenvalue weighted by Crippen LogP contribution is -2.37. The molecule has 0 atom stereocenters. The van der Waals surface area contributed by atoms with Crippen LogP contribution in [0.1, 0.15) is 19.4 Å². The third kappa shape index (κ3) is 5.49. The van der Waals surface area contributed by atoms with Gasteiger partial charge < -0.3 is 10.1 Å². The van der Waals surface area contributed by atoms with Crippen LogP contribution in [-0.2, 0) is 21.2 Å². The molecule has 7 heteroatoms. The van der Waals surface area contributed by atoms with E-state index in [1.54, 1.807) is 36.4 Å². The summed E-state index contributed by atoms with van der Waals surface area (Å²) in [5, 5.41) is 2.71. The van der Waals surface area contributed by atoms with Crippen molar-refractivity contribution in [3.05, 3.63) is 54.1 Å². The number of aryl methyl sites for hydroxylation is 1. The van der Waals surface area contributed by atoms with E-state index in [2.05, 4.69) is 5.32 Å². The number of nitrogens with zero attached hydrogens (tertiary/aromatic N) is 1. The monoisotopic (exact) mass is 376 g/mol. The average molecular weight is 376 g/mol. The molecule has 2 aromatic rings. The molecule has 0 aliphatic rings. The smallest absolute Gasteiger partial charge is 0.245 e. The van der Waals surface area contributed by atoms with Crippen molar-refractivity contribution in [2.45, 2.75) is 20.3 Å². The first-order valence-electron chi connectivity index (χ1n) is 8.42. The van der Waals surface area contributed by atoms with Crippen LogP contribution in [0, 0.1) is 0 Å². The van der Waals surface area contributed by atoms with E-state index < -0.39 is 15.9 Å². The molecule has 0 heterocycles. The second-order valence-corrected chi connectivity index (χ2v) is 7.71. The number of carbonyl (C=O) groups is 1. The molecule has 0 saturated heterocycles. The second kappa shape index (κ2) is 8.71. The van der Waals surface area contributed by atoms with E-state index in [0.717, 1.165) is 22.5 Å². The molecule has 1 N–H and O–H groups in total. The van der Waals surface area contributed by atoms with Crippen LogP contribution in [0.15, 0.2) is 48.5 Å². The van der Waals surface area contributed by atoms with Crippen molar-refractivity contribution in [3.8, 4) is 5.75 Å². The molecule has 0 bridgehead atoms. The number of hydrogen-bond acceptors (Lipinski definition) is 4. The third-order valence-electron chi connectivity index (χ3n) is 3.75. The first-order valence-corrected chi connectivity index (χ1v) is 10.3. The Kier molecular flexibility index (Phi) is 6.63. The van der Waals surface area contributed by atoms with Crippen molar-refractivity contribution in [1.29, 1.82) is 0 Å². The molecular weight excluding hydrogens is 352 g/mol. The number of benzene rings is 2. The van der Waals surface area contributed by atoms with E-state index in [9.17, 15) is 13.2 Å². The highest BCUT2D eigenvalue weighted by molar-refractivity contribution is 7.92. The number of nitrogens with one attached hydrogen (secondary N) is 1. The SMILES string of the molecule is CCOc1cccc(NC(=O)CN(c2ccc(CC)cc2)S(C)(=O)=O)c1. The topological polar surface area (TPSA) is 75.7 Å². The highest BCUT2D eigenvalue weighted by Crippen LogP contribution is 2.20. The Labute approximate surface area is 154 Å². The van der Waals surface area contributed by atoms with Gasteiger partial charge in [0.15, 0.2) is 0 Å². The van der Waals surface area contributed by atoms with Crippen molar-refractivity contribution < 1.29 is 17.9 Å². The molecule has 26 heavy (non-hydrogen) atoms. The fourth-order valence-corrected chi connectivity index (χ4v) is 3.32. The number of carbonyl (C=O) groups excluding carboxylic acids is 1. The number of ether oxygens (including phenoxy) is 1. The summed E-state index contributed by atoms with van der Waals surface area (Å²) in [5.41, 5.74) is 2.11. The third-order valence-corrected chi connectivity index (χ3v) is 4.89. The molecule has 0 radical (unpaired) electrons. The molecule has 0 aliphatic heterocycles. The maximum absolute atomic E-state index is 12.4.